The van der Waals surface area contributed by atoms with Crippen molar-refractivity contribution in [2.45, 2.75) is 32.6 Å². The first kappa shape index (κ1) is 18.0. The van der Waals surface area contributed by atoms with Crippen LogP contribution in [0.1, 0.15) is 32.6 Å². The summed E-state index contributed by atoms with van der Waals surface area (Å²) in [4.78, 5) is 11.9. The minimum Gasteiger partial charge on any atom is -0.465 e. The second-order valence-corrected chi connectivity index (χ2v) is 7.47. The molecule has 6 heteroatoms. The molecule has 0 aliphatic heterocycles. The van der Waals surface area contributed by atoms with Gasteiger partial charge < -0.3 is 4.74 Å². The molecule has 2 aromatic rings. The predicted octanol–water partition coefficient (Wildman–Crippen LogP) is 3.51. The summed E-state index contributed by atoms with van der Waals surface area (Å²) in [6.45, 7) is 7.24. The quantitative estimate of drug-likeness (QED) is 0.859. The summed E-state index contributed by atoms with van der Waals surface area (Å²) in [5.41, 5.74) is 3.74. The SMILES string of the molecule is COC(=O)c1ccc(C)c(NS(=O)(=O)c2c(C)cc(C)cc2C)c1. The standard InChI is InChI=1S/C18H21NO4S/c1-11-8-13(3)17(14(4)9-11)24(21,22)19-16-10-15(18(20)23-5)7-6-12(16)2/h6-10,19H,1-5H3. The fourth-order valence-corrected chi connectivity index (χ4v) is 4.34. The molecule has 2 aromatic carbocycles. The molecular weight excluding hydrogens is 326 g/mol. The van der Waals surface area contributed by atoms with Crippen molar-refractivity contribution in [3.05, 3.63) is 58.1 Å². The van der Waals surface area contributed by atoms with Crippen LogP contribution in [0.3, 0.4) is 0 Å². The van der Waals surface area contributed by atoms with Crippen LogP contribution in [0.15, 0.2) is 35.2 Å². The number of benzene rings is 2. The minimum atomic E-state index is -3.77. The summed E-state index contributed by atoms with van der Waals surface area (Å²) < 4.78 is 32.9. The lowest BCUT2D eigenvalue weighted by Crippen LogP contribution is -2.17. The third-order valence-corrected chi connectivity index (χ3v) is 5.45. The summed E-state index contributed by atoms with van der Waals surface area (Å²) in [7, 11) is -2.48. The van der Waals surface area contributed by atoms with Gasteiger partial charge in [0.2, 0.25) is 0 Å². The normalized spacial score (nSPS) is 11.2. The highest BCUT2D eigenvalue weighted by Gasteiger charge is 2.21. The Kier molecular flexibility index (Phi) is 4.99. The first-order chi connectivity index (χ1) is 11.2. The second-order valence-electron chi connectivity index (χ2n) is 5.85. The highest BCUT2D eigenvalue weighted by atomic mass is 32.2. The fourth-order valence-electron chi connectivity index (χ4n) is 2.76. The molecule has 0 aliphatic rings. The van der Waals surface area contributed by atoms with Gasteiger partial charge in [0, 0.05) is 0 Å². The Labute approximate surface area is 142 Å². The molecule has 2 rings (SSSR count). The third kappa shape index (κ3) is 3.59. The summed E-state index contributed by atoms with van der Waals surface area (Å²) in [5, 5.41) is 0. The summed E-state index contributed by atoms with van der Waals surface area (Å²) in [5.74, 6) is -0.516. The second kappa shape index (κ2) is 6.65. The van der Waals surface area contributed by atoms with Crippen molar-refractivity contribution in [3.63, 3.8) is 0 Å². The van der Waals surface area contributed by atoms with Crippen LogP contribution in [0.25, 0.3) is 0 Å². The van der Waals surface area contributed by atoms with E-state index in [9.17, 15) is 13.2 Å². The maximum absolute atomic E-state index is 12.8. The van der Waals surface area contributed by atoms with Gasteiger partial charge in [-0.2, -0.15) is 0 Å². The molecule has 1 N–H and O–H groups in total. The van der Waals surface area contributed by atoms with E-state index in [2.05, 4.69) is 9.46 Å². The first-order valence-electron chi connectivity index (χ1n) is 7.45. The number of hydrogen-bond acceptors (Lipinski definition) is 4. The van der Waals surface area contributed by atoms with E-state index in [1.165, 1.54) is 13.2 Å². The van der Waals surface area contributed by atoms with Crippen molar-refractivity contribution in [2.75, 3.05) is 11.8 Å². The van der Waals surface area contributed by atoms with E-state index in [4.69, 9.17) is 0 Å². The number of nitrogens with one attached hydrogen (secondary N) is 1. The van der Waals surface area contributed by atoms with Crippen molar-refractivity contribution in [1.82, 2.24) is 0 Å². The smallest absolute Gasteiger partial charge is 0.337 e. The number of anilines is 1. The van der Waals surface area contributed by atoms with Gasteiger partial charge in [-0.05, 0) is 56.5 Å². The fraction of sp³-hybridized carbons (Fsp3) is 0.278. The average molecular weight is 347 g/mol. The Hall–Kier alpha value is -2.34. The van der Waals surface area contributed by atoms with Gasteiger partial charge in [-0.25, -0.2) is 13.2 Å². The Morgan fingerprint density at radius 2 is 1.54 bits per heavy atom. The molecular formula is C18H21NO4S. The first-order valence-corrected chi connectivity index (χ1v) is 8.93. The molecule has 5 nitrogen and oxygen atoms in total. The number of sulfonamides is 1. The molecule has 128 valence electrons. The summed E-state index contributed by atoms with van der Waals surface area (Å²) in [6, 6.07) is 8.43. The van der Waals surface area contributed by atoms with E-state index in [0.29, 0.717) is 22.4 Å². The molecule has 0 spiro atoms. The Bertz CT molecular complexity index is 878. The maximum atomic E-state index is 12.8. The Balaban J connectivity index is 2.49. The number of esters is 1. The topological polar surface area (TPSA) is 72.5 Å². The van der Waals surface area contributed by atoms with Gasteiger partial charge in [0.05, 0.1) is 23.3 Å². The average Bonchev–Trinajstić information content (AvgIpc) is 2.47. The van der Waals surface area contributed by atoms with Gasteiger partial charge >= 0.3 is 5.97 Å². The van der Waals surface area contributed by atoms with E-state index >= 15 is 0 Å². The van der Waals surface area contributed by atoms with Crippen LogP contribution in [0.2, 0.25) is 0 Å². The largest absolute Gasteiger partial charge is 0.465 e. The molecule has 0 amide bonds. The molecule has 0 bridgehead atoms. The molecule has 0 unspecified atom stereocenters. The predicted molar refractivity (Wildman–Crippen MR) is 94.0 cm³/mol. The van der Waals surface area contributed by atoms with Crippen LogP contribution in [0.5, 0.6) is 0 Å². The van der Waals surface area contributed by atoms with E-state index in [0.717, 1.165) is 5.56 Å². The van der Waals surface area contributed by atoms with Gasteiger partial charge in [0.1, 0.15) is 0 Å². The van der Waals surface area contributed by atoms with Crippen LogP contribution in [0, 0.1) is 27.7 Å². The number of carbonyl (C=O) groups is 1. The lowest BCUT2D eigenvalue weighted by atomic mass is 10.1. The van der Waals surface area contributed by atoms with E-state index < -0.39 is 16.0 Å². The molecule has 0 heterocycles. The van der Waals surface area contributed by atoms with Crippen LogP contribution in [-0.2, 0) is 14.8 Å². The number of aryl methyl sites for hydroxylation is 4. The van der Waals surface area contributed by atoms with Crippen molar-refractivity contribution < 1.29 is 17.9 Å². The highest BCUT2D eigenvalue weighted by molar-refractivity contribution is 7.92. The zero-order valence-electron chi connectivity index (χ0n) is 14.4. The summed E-state index contributed by atoms with van der Waals surface area (Å²) >= 11 is 0. The van der Waals surface area contributed by atoms with Gasteiger partial charge in [-0.1, -0.05) is 23.8 Å². The number of rotatable bonds is 4. The van der Waals surface area contributed by atoms with Crippen LogP contribution in [-0.4, -0.2) is 21.5 Å². The highest BCUT2D eigenvalue weighted by Crippen LogP contribution is 2.26. The van der Waals surface area contributed by atoms with Gasteiger partial charge in [-0.15, -0.1) is 0 Å². The van der Waals surface area contributed by atoms with Crippen LogP contribution >= 0.6 is 0 Å². The monoisotopic (exact) mass is 347 g/mol. The van der Waals surface area contributed by atoms with E-state index in [1.807, 2.05) is 19.1 Å². The molecule has 0 saturated carbocycles. The van der Waals surface area contributed by atoms with Crippen molar-refractivity contribution >= 4 is 21.7 Å². The molecule has 0 fully saturated rings. The Morgan fingerprint density at radius 3 is 2.08 bits per heavy atom. The lowest BCUT2D eigenvalue weighted by Gasteiger charge is -2.15. The number of ether oxygens (including phenoxy) is 1. The van der Waals surface area contributed by atoms with E-state index in [-0.39, 0.29) is 10.5 Å². The van der Waals surface area contributed by atoms with E-state index in [1.54, 1.807) is 32.9 Å². The number of hydrogen-bond donors (Lipinski definition) is 1. The molecule has 0 radical (unpaired) electrons. The molecule has 0 atom stereocenters. The van der Waals surface area contributed by atoms with Crippen molar-refractivity contribution in [1.29, 1.82) is 0 Å². The lowest BCUT2D eigenvalue weighted by molar-refractivity contribution is 0.0601. The van der Waals surface area contributed by atoms with Gasteiger partial charge in [0.25, 0.3) is 10.0 Å². The summed E-state index contributed by atoms with van der Waals surface area (Å²) in [6.07, 6.45) is 0. The zero-order chi connectivity index (χ0) is 18.1. The van der Waals surface area contributed by atoms with Gasteiger partial charge in [0.15, 0.2) is 0 Å². The van der Waals surface area contributed by atoms with Crippen molar-refractivity contribution in [3.8, 4) is 0 Å². The number of carbonyl (C=O) groups excluding carboxylic acids is 1. The molecule has 0 aliphatic carbocycles. The minimum absolute atomic E-state index is 0.260. The molecule has 0 saturated heterocycles. The number of methoxy groups -OCH3 is 1. The Morgan fingerprint density at radius 1 is 0.958 bits per heavy atom. The molecule has 24 heavy (non-hydrogen) atoms. The maximum Gasteiger partial charge on any atom is 0.337 e. The zero-order valence-corrected chi connectivity index (χ0v) is 15.2. The van der Waals surface area contributed by atoms with Gasteiger partial charge in [-0.3, -0.25) is 4.72 Å². The third-order valence-electron chi connectivity index (χ3n) is 3.78. The van der Waals surface area contributed by atoms with Crippen LogP contribution in [0.4, 0.5) is 5.69 Å². The van der Waals surface area contributed by atoms with Crippen LogP contribution < -0.4 is 4.72 Å². The van der Waals surface area contributed by atoms with Crippen molar-refractivity contribution in [2.24, 2.45) is 0 Å². The molecule has 0 aromatic heterocycles.